The number of methoxy groups -OCH3 is 2. The molecule has 0 bridgehead atoms. The van der Waals surface area contributed by atoms with Crippen molar-refractivity contribution in [3.63, 3.8) is 0 Å². The van der Waals surface area contributed by atoms with Gasteiger partial charge in [-0.1, -0.05) is 38.5 Å². The summed E-state index contributed by atoms with van der Waals surface area (Å²) in [4.78, 5) is 72.5. The van der Waals surface area contributed by atoms with Crippen LogP contribution >= 0.6 is 58.8 Å². The van der Waals surface area contributed by atoms with Gasteiger partial charge in [0.25, 0.3) is 0 Å². The number of carbonyl (C=O) groups is 6. The largest absolute Gasteiger partial charge is 0.480 e. The van der Waals surface area contributed by atoms with Crippen molar-refractivity contribution < 1.29 is 52.8 Å². The number of nitrogens with one attached hydrogen (secondary N) is 3. The molecular formula is C41H64Cl5N3O11. The van der Waals surface area contributed by atoms with E-state index in [4.69, 9.17) is 60.6 Å². The number of rotatable bonds is 9. The number of hydrogen-bond acceptors (Lipinski definition) is 11. The highest BCUT2D eigenvalue weighted by atomic mass is 35.5. The first-order valence-corrected chi connectivity index (χ1v) is 22.3. The number of carbonyl (C=O) groups excluding carboxylic acids is 5. The van der Waals surface area contributed by atoms with E-state index in [0.717, 1.165) is 64.2 Å². The SMILES string of the molecule is CC(C)(C)OC(=O)N[C@H](C(=O)O)C1CCCCC1.COC(=O)[C@H]1C(C(=O)[C@@H](NC(=O)OC(C)(C)C)C2CCCCC2)C[C@H]2[C@@H]1C2(Cl)Cl.COC(=O)[C@H]1NC[C@H]2[C@@H]1C2(Cl)Cl.Cl. The van der Waals surface area contributed by atoms with Gasteiger partial charge in [0, 0.05) is 30.2 Å². The smallest absolute Gasteiger partial charge is 0.408 e. The van der Waals surface area contributed by atoms with Gasteiger partial charge in [0.05, 0.1) is 26.2 Å². The number of Topliss-reactive ketones (excluding diaryl/α,β-unsaturated/α-hetero) is 1. The summed E-state index contributed by atoms with van der Waals surface area (Å²) in [5.74, 6) is -3.13. The fraction of sp³-hybridized carbons (Fsp3) is 0.854. The van der Waals surface area contributed by atoms with Crippen LogP contribution in [0.15, 0.2) is 0 Å². The Labute approximate surface area is 380 Å². The molecule has 0 aromatic rings. The first-order chi connectivity index (χ1) is 27.3. The van der Waals surface area contributed by atoms with E-state index < -0.39 is 67.9 Å². The number of carboxylic acids is 1. The van der Waals surface area contributed by atoms with Gasteiger partial charge in [0.15, 0.2) is 5.78 Å². The monoisotopic (exact) mass is 949 g/mol. The summed E-state index contributed by atoms with van der Waals surface area (Å²) < 4.78 is 18.4. The molecule has 6 fully saturated rings. The predicted octanol–water partition coefficient (Wildman–Crippen LogP) is 7.78. The van der Waals surface area contributed by atoms with E-state index in [2.05, 4.69) is 20.7 Å². The Balaban J connectivity index is 0.000000263. The fourth-order valence-electron chi connectivity index (χ4n) is 9.33. The number of fused-ring (bicyclic) bond motifs is 2. The average Bonchev–Trinajstić information content (AvgIpc) is 3.61. The molecule has 60 heavy (non-hydrogen) atoms. The lowest BCUT2D eigenvalue weighted by Crippen LogP contribution is -2.51. The third-order valence-corrected chi connectivity index (χ3v) is 14.4. The van der Waals surface area contributed by atoms with E-state index in [1.807, 2.05) is 0 Å². The van der Waals surface area contributed by atoms with Gasteiger partial charge in [-0.3, -0.25) is 14.4 Å². The Bertz CT molecular complexity index is 1540. The normalized spacial score (nSPS) is 29.6. The van der Waals surface area contributed by atoms with Crippen molar-refractivity contribution in [3.05, 3.63) is 0 Å². The second-order valence-corrected chi connectivity index (χ2v) is 21.6. The molecule has 14 nitrogen and oxygen atoms in total. The number of ketones is 1. The van der Waals surface area contributed by atoms with Gasteiger partial charge >= 0.3 is 30.1 Å². The third kappa shape index (κ3) is 13.3. The number of carboxylic acid groups (broad SMARTS) is 1. The van der Waals surface area contributed by atoms with E-state index in [1.165, 1.54) is 14.2 Å². The number of alkyl carbamates (subject to hydrolysis) is 2. The van der Waals surface area contributed by atoms with Gasteiger partial charge in [0.2, 0.25) is 0 Å². The summed E-state index contributed by atoms with van der Waals surface area (Å²) in [5, 5.41) is 17.5. The maximum Gasteiger partial charge on any atom is 0.408 e. The summed E-state index contributed by atoms with van der Waals surface area (Å²) in [6, 6.07) is -1.82. The lowest BCUT2D eigenvalue weighted by atomic mass is 9.76. The van der Waals surface area contributed by atoms with Crippen molar-refractivity contribution in [2.24, 2.45) is 47.3 Å². The van der Waals surface area contributed by atoms with E-state index in [0.29, 0.717) is 13.0 Å². The van der Waals surface area contributed by atoms with Gasteiger partial charge in [-0.15, -0.1) is 58.8 Å². The van der Waals surface area contributed by atoms with Crippen molar-refractivity contribution in [2.45, 2.75) is 150 Å². The van der Waals surface area contributed by atoms with Crippen LogP contribution in [0.1, 0.15) is 112 Å². The molecule has 1 saturated heterocycles. The second kappa shape index (κ2) is 21.1. The molecule has 0 spiro atoms. The lowest BCUT2D eigenvalue weighted by Gasteiger charge is -2.34. The summed E-state index contributed by atoms with van der Waals surface area (Å²) in [6.07, 6.45) is 9.00. The maximum absolute atomic E-state index is 13.6. The molecule has 2 amide bonds. The number of hydrogen-bond donors (Lipinski definition) is 4. The Kier molecular flexibility index (Phi) is 18.5. The zero-order valence-electron chi connectivity index (χ0n) is 35.8. The average molecular weight is 952 g/mol. The number of aliphatic carboxylic acids is 1. The minimum absolute atomic E-state index is 0. The topological polar surface area (TPSA) is 196 Å². The van der Waals surface area contributed by atoms with Crippen molar-refractivity contribution in [3.8, 4) is 0 Å². The van der Waals surface area contributed by atoms with E-state index in [9.17, 15) is 33.9 Å². The molecule has 9 atom stereocenters. The molecule has 5 aliphatic carbocycles. The summed E-state index contributed by atoms with van der Waals surface area (Å²) in [7, 11) is 2.67. The van der Waals surface area contributed by atoms with Crippen molar-refractivity contribution in [1.82, 2.24) is 16.0 Å². The number of esters is 2. The molecule has 0 aromatic heterocycles. The maximum atomic E-state index is 13.6. The zero-order valence-corrected chi connectivity index (χ0v) is 39.6. The van der Waals surface area contributed by atoms with E-state index >= 15 is 0 Å². The Hall–Kier alpha value is -1.97. The van der Waals surface area contributed by atoms with Crippen LogP contribution in [0.5, 0.6) is 0 Å². The molecule has 19 heteroatoms. The minimum atomic E-state index is -0.979. The molecule has 0 aromatic carbocycles. The van der Waals surface area contributed by atoms with Crippen LogP contribution in [-0.4, -0.2) is 99.7 Å². The van der Waals surface area contributed by atoms with Gasteiger partial charge in [0.1, 0.15) is 32.0 Å². The molecule has 6 rings (SSSR count). The molecule has 5 saturated carbocycles. The quantitative estimate of drug-likeness (QED) is 0.0998. The highest BCUT2D eigenvalue weighted by molar-refractivity contribution is 6.52. The first kappa shape index (κ1) is 52.4. The Morgan fingerprint density at radius 3 is 1.50 bits per heavy atom. The molecule has 1 heterocycles. The van der Waals surface area contributed by atoms with Crippen LogP contribution in [0.4, 0.5) is 9.59 Å². The minimum Gasteiger partial charge on any atom is -0.480 e. The van der Waals surface area contributed by atoms with Crippen LogP contribution in [0.2, 0.25) is 0 Å². The predicted molar refractivity (Wildman–Crippen MR) is 230 cm³/mol. The number of alkyl halides is 4. The van der Waals surface area contributed by atoms with Gasteiger partial charge in [-0.25, -0.2) is 14.4 Å². The van der Waals surface area contributed by atoms with Crippen molar-refractivity contribution in [2.75, 3.05) is 20.8 Å². The highest BCUT2D eigenvalue weighted by Gasteiger charge is 2.74. The van der Waals surface area contributed by atoms with Gasteiger partial charge in [-0.05, 0) is 91.4 Å². The van der Waals surface area contributed by atoms with Crippen molar-refractivity contribution >= 4 is 94.7 Å². The van der Waals surface area contributed by atoms with Crippen LogP contribution in [0, 0.1) is 47.3 Å². The van der Waals surface area contributed by atoms with Crippen LogP contribution in [-0.2, 0) is 38.1 Å². The molecule has 344 valence electrons. The van der Waals surface area contributed by atoms with Crippen molar-refractivity contribution in [1.29, 1.82) is 0 Å². The van der Waals surface area contributed by atoms with Gasteiger partial charge < -0.3 is 40.0 Å². The highest BCUT2D eigenvalue weighted by Crippen LogP contribution is 2.71. The standard InChI is InChI=1S/C21H31Cl2NO5.C13H23NO4.C7H9Cl2NO2.ClH/c1-20(2,3)29-19(27)24-16(11-8-6-5-7-9-11)17(25)12-10-13-15(21(13,22)23)14(12)18(26)28-4;1-13(2,3)18-12(17)14-10(11(15)16)9-7-5-4-6-8-9;1-12-6(11)5-4-3(2-10-5)7(4,8)9;/h11-16H,5-10H2,1-4H3,(H,24,27);9-10H,4-8H2,1-3H3,(H,14,17)(H,15,16);3-5,10H,2H2,1H3;1H/t12?,13-,14-,15-,16-;10-;3-,4-,5-;/m000./s1. The Morgan fingerprint density at radius 1 is 0.667 bits per heavy atom. The molecule has 0 radical (unpaired) electrons. The van der Waals surface area contributed by atoms with Crippen LogP contribution in [0.3, 0.4) is 0 Å². The number of amides is 2. The molecule has 1 unspecified atom stereocenters. The van der Waals surface area contributed by atoms with Crippen LogP contribution in [0.25, 0.3) is 0 Å². The van der Waals surface area contributed by atoms with Crippen LogP contribution < -0.4 is 16.0 Å². The molecular weight excluding hydrogens is 888 g/mol. The molecule has 4 N–H and O–H groups in total. The lowest BCUT2D eigenvalue weighted by molar-refractivity contribution is -0.150. The number of halogens is 5. The number of piperidine rings is 1. The third-order valence-electron chi connectivity index (χ3n) is 12.2. The second-order valence-electron chi connectivity index (χ2n) is 18.7. The van der Waals surface area contributed by atoms with Gasteiger partial charge in [-0.2, -0.15) is 0 Å². The summed E-state index contributed by atoms with van der Waals surface area (Å²) in [5.41, 5.74) is -1.27. The number of ether oxygens (including phenoxy) is 4. The zero-order chi connectivity index (χ0) is 44.2. The summed E-state index contributed by atoms with van der Waals surface area (Å²) in [6.45, 7) is 11.3. The Morgan fingerprint density at radius 2 is 1.10 bits per heavy atom. The molecule has 6 aliphatic rings. The van der Waals surface area contributed by atoms with E-state index in [1.54, 1.807) is 41.5 Å². The first-order valence-electron chi connectivity index (χ1n) is 20.8. The summed E-state index contributed by atoms with van der Waals surface area (Å²) >= 11 is 24.5. The molecule has 1 aliphatic heterocycles. The van der Waals surface area contributed by atoms with E-state index in [-0.39, 0.29) is 65.7 Å². The fourth-order valence-corrected chi connectivity index (χ4v) is 11.1.